The lowest BCUT2D eigenvalue weighted by atomic mass is 10.2. The number of aromatic nitrogens is 2. The van der Waals surface area contributed by atoms with Gasteiger partial charge in [-0.15, -0.1) is 0 Å². The number of ether oxygens (including phenoxy) is 2. The third kappa shape index (κ3) is 4.34. The highest BCUT2D eigenvalue weighted by atomic mass is 35.5. The van der Waals surface area contributed by atoms with E-state index in [1.165, 1.54) is 11.8 Å². The van der Waals surface area contributed by atoms with Crippen molar-refractivity contribution >= 4 is 40.2 Å². The van der Waals surface area contributed by atoms with Crippen molar-refractivity contribution in [2.75, 3.05) is 19.0 Å². The number of halogens is 1. The monoisotopic (exact) mass is 382 g/mol. The molecular weight excluding hydrogens is 364 g/mol. The fourth-order valence-electron chi connectivity index (χ4n) is 2.76. The van der Waals surface area contributed by atoms with Gasteiger partial charge in [0.2, 0.25) is 0 Å². The van der Waals surface area contributed by atoms with Crippen LogP contribution in [0.1, 0.15) is 19.8 Å². The molecule has 1 fully saturated rings. The molecule has 1 saturated heterocycles. The minimum Gasteiger partial charge on any atom is -0.465 e. The van der Waals surface area contributed by atoms with Crippen molar-refractivity contribution in [2.45, 2.75) is 37.6 Å². The Kier molecular flexibility index (Phi) is 5.98. The van der Waals surface area contributed by atoms with E-state index in [0.717, 1.165) is 12.8 Å². The van der Waals surface area contributed by atoms with Crippen LogP contribution in [0.15, 0.2) is 28.2 Å². The molecule has 0 spiro atoms. The summed E-state index contributed by atoms with van der Waals surface area (Å²) in [6.07, 6.45) is 1.89. The van der Waals surface area contributed by atoms with Gasteiger partial charge in [0.25, 0.3) is 5.56 Å². The highest BCUT2D eigenvalue weighted by Gasteiger charge is 2.21. The number of carbonyl (C=O) groups excluding carboxylic acids is 1. The average molecular weight is 383 g/mol. The Balaban J connectivity index is 1.97. The smallest absolute Gasteiger partial charge is 0.316 e. The predicted octanol–water partition coefficient (Wildman–Crippen LogP) is 2.88. The summed E-state index contributed by atoms with van der Waals surface area (Å²) in [5, 5.41) is 1.49. The molecule has 0 N–H and O–H groups in total. The number of carbonyl (C=O) groups is 1. The molecule has 25 heavy (non-hydrogen) atoms. The average Bonchev–Trinajstić information content (AvgIpc) is 3.09. The fourth-order valence-corrected chi connectivity index (χ4v) is 3.74. The van der Waals surface area contributed by atoms with E-state index in [1.54, 1.807) is 29.7 Å². The standard InChI is InChI=1S/C17H19ClN2O4S/c1-2-23-15(21)10-25-17-19-14-8-11(18)5-6-13(14)16(22)20(17)9-12-4-3-7-24-12/h5-6,8,12H,2-4,7,9-10H2,1H3. The second kappa shape index (κ2) is 8.21. The van der Waals surface area contributed by atoms with Crippen LogP contribution in [0.25, 0.3) is 10.9 Å². The maximum absolute atomic E-state index is 12.9. The molecule has 2 aromatic rings. The highest BCUT2D eigenvalue weighted by Crippen LogP contribution is 2.22. The van der Waals surface area contributed by atoms with Crippen LogP contribution >= 0.6 is 23.4 Å². The topological polar surface area (TPSA) is 70.4 Å². The van der Waals surface area contributed by atoms with Crippen molar-refractivity contribution in [3.63, 3.8) is 0 Å². The first-order valence-corrected chi connectivity index (χ1v) is 9.55. The Morgan fingerprint density at radius 3 is 3.08 bits per heavy atom. The number of hydrogen-bond donors (Lipinski definition) is 0. The van der Waals surface area contributed by atoms with Crippen LogP contribution in [-0.2, 0) is 20.8 Å². The van der Waals surface area contributed by atoms with Crippen LogP contribution in [0.4, 0.5) is 0 Å². The molecule has 2 heterocycles. The molecule has 0 saturated carbocycles. The van der Waals surface area contributed by atoms with Gasteiger partial charge in [-0.25, -0.2) is 4.98 Å². The van der Waals surface area contributed by atoms with E-state index in [1.807, 2.05) is 0 Å². The van der Waals surface area contributed by atoms with Crippen LogP contribution < -0.4 is 5.56 Å². The Hall–Kier alpha value is -1.57. The Labute approximate surface area is 154 Å². The highest BCUT2D eigenvalue weighted by molar-refractivity contribution is 7.99. The zero-order valence-electron chi connectivity index (χ0n) is 13.9. The van der Waals surface area contributed by atoms with Gasteiger partial charge in [0, 0.05) is 11.6 Å². The van der Waals surface area contributed by atoms with Gasteiger partial charge in [-0.3, -0.25) is 14.2 Å². The van der Waals surface area contributed by atoms with E-state index in [2.05, 4.69) is 4.98 Å². The molecule has 134 valence electrons. The minimum atomic E-state index is -0.336. The molecule has 1 aromatic carbocycles. The van der Waals surface area contributed by atoms with Gasteiger partial charge >= 0.3 is 5.97 Å². The summed E-state index contributed by atoms with van der Waals surface area (Å²) in [6.45, 7) is 3.21. The largest absolute Gasteiger partial charge is 0.465 e. The minimum absolute atomic E-state index is 0.00815. The first-order chi connectivity index (χ1) is 12.1. The number of fused-ring (bicyclic) bond motifs is 1. The molecule has 0 amide bonds. The number of rotatable bonds is 6. The van der Waals surface area contributed by atoms with Gasteiger partial charge in [0.1, 0.15) is 0 Å². The Morgan fingerprint density at radius 2 is 2.36 bits per heavy atom. The lowest BCUT2D eigenvalue weighted by Gasteiger charge is -2.16. The number of esters is 1. The fraction of sp³-hybridized carbons (Fsp3) is 0.471. The lowest BCUT2D eigenvalue weighted by molar-refractivity contribution is -0.139. The number of benzene rings is 1. The van der Waals surface area contributed by atoms with Crippen molar-refractivity contribution in [1.29, 1.82) is 0 Å². The first-order valence-electron chi connectivity index (χ1n) is 8.18. The Morgan fingerprint density at radius 1 is 1.52 bits per heavy atom. The van der Waals surface area contributed by atoms with Crippen molar-refractivity contribution < 1.29 is 14.3 Å². The maximum atomic E-state index is 12.9. The van der Waals surface area contributed by atoms with E-state index in [4.69, 9.17) is 21.1 Å². The van der Waals surface area contributed by atoms with Crippen molar-refractivity contribution in [3.05, 3.63) is 33.6 Å². The molecule has 1 unspecified atom stereocenters. The maximum Gasteiger partial charge on any atom is 0.316 e. The van der Waals surface area contributed by atoms with Gasteiger partial charge in [0.15, 0.2) is 5.16 Å². The summed E-state index contributed by atoms with van der Waals surface area (Å²) in [4.78, 5) is 29.1. The van der Waals surface area contributed by atoms with E-state index < -0.39 is 0 Å². The SMILES string of the molecule is CCOC(=O)CSc1nc2cc(Cl)ccc2c(=O)n1CC1CCCO1. The molecular formula is C17H19ClN2O4S. The zero-order chi connectivity index (χ0) is 17.8. The molecule has 8 heteroatoms. The van der Waals surface area contributed by atoms with Gasteiger partial charge in [-0.05, 0) is 38.0 Å². The molecule has 6 nitrogen and oxygen atoms in total. The zero-order valence-corrected chi connectivity index (χ0v) is 15.4. The molecule has 3 rings (SSSR count). The second-order valence-electron chi connectivity index (χ2n) is 5.70. The van der Waals surface area contributed by atoms with Gasteiger partial charge < -0.3 is 9.47 Å². The molecule has 0 radical (unpaired) electrons. The van der Waals surface area contributed by atoms with Crippen molar-refractivity contribution in [2.24, 2.45) is 0 Å². The van der Waals surface area contributed by atoms with E-state index >= 15 is 0 Å². The van der Waals surface area contributed by atoms with Crippen LogP contribution in [0, 0.1) is 0 Å². The summed E-state index contributed by atoms with van der Waals surface area (Å²) in [5.74, 6) is -0.241. The molecule has 0 aliphatic carbocycles. The summed E-state index contributed by atoms with van der Waals surface area (Å²) >= 11 is 7.21. The second-order valence-corrected chi connectivity index (χ2v) is 7.08. The van der Waals surface area contributed by atoms with Gasteiger partial charge in [-0.2, -0.15) is 0 Å². The number of thioether (sulfide) groups is 1. The number of nitrogens with zero attached hydrogens (tertiary/aromatic N) is 2. The molecule has 0 bridgehead atoms. The van der Waals surface area contributed by atoms with Gasteiger partial charge in [-0.1, -0.05) is 23.4 Å². The summed E-state index contributed by atoms with van der Waals surface area (Å²) in [7, 11) is 0. The predicted molar refractivity (Wildman–Crippen MR) is 97.3 cm³/mol. The van der Waals surface area contributed by atoms with Crippen molar-refractivity contribution in [3.8, 4) is 0 Å². The quantitative estimate of drug-likeness (QED) is 0.434. The third-order valence-electron chi connectivity index (χ3n) is 3.92. The van der Waals surface area contributed by atoms with Crippen LogP contribution in [-0.4, -0.2) is 40.6 Å². The number of hydrogen-bond acceptors (Lipinski definition) is 6. The first kappa shape index (κ1) is 18.2. The normalized spacial score (nSPS) is 17.1. The molecule has 1 aliphatic heterocycles. The van der Waals surface area contributed by atoms with E-state index in [-0.39, 0.29) is 23.4 Å². The summed E-state index contributed by atoms with van der Waals surface area (Å²) in [6, 6.07) is 5.01. The molecule has 1 aromatic heterocycles. The lowest BCUT2D eigenvalue weighted by Crippen LogP contribution is -2.29. The van der Waals surface area contributed by atoms with Crippen LogP contribution in [0.5, 0.6) is 0 Å². The van der Waals surface area contributed by atoms with E-state index in [9.17, 15) is 9.59 Å². The third-order valence-corrected chi connectivity index (χ3v) is 5.10. The molecule has 1 aliphatic rings. The summed E-state index contributed by atoms with van der Waals surface area (Å²) in [5.41, 5.74) is 0.371. The van der Waals surface area contributed by atoms with Crippen molar-refractivity contribution in [1.82, 2.24) is 9.55 Å². The summed E-state index contributed by atoms with van der Waals surface area (Å²) < 4.78 is 12.2. The Bertz CT molecular complexity index is 833. The van der Waals surface area contributed by atoms with Crippen LogP contribution in [0.2, 0.25) is 5.02 Å². The van der Waals surface area contributed by atoms with E-state index in [0.29, 0.717) is 40.8 Å². The van der Waals surface area contributed by atoms with Crippen LogP contribution in [0.3, 0.4) is 0 Å². The van der Waals surface area contributed by atoms with Gasteiger partial charge in [0.05, 0.1) is 35.9 Å². The molecule has 1 atom stereocenters.